The van der Waals surface area contributed by atoms with E-state index in [1.807, 2.05) is 18.2 Å². The van der Waals surface area contributed by atoms with Gasteiger partial charge in [0.1, 0.15) is 17.8 Å². The predicted octanol–water partition coefficient (Wildman–Crippen LogP) is 3.05. The maximum Gasteiger partial charge on any atom is 0.122 e. The number of carbonyl (C=O) groups is 1. The van der Waals surface area contributed by atoms with E-state index in [0.717, 1.165) is 29.8 Å². The van der Waals surface area contributed by atoms with Gasteiger partial charge in [-0.1, -0.05) is 24.3 Å². The molecule has 2 rings (SSSR count). The third-order valence-corrected chi connectivity index (χ3v) is 3.41. The summed E-state index contributed by atoms with van der Waals surface area (Å²) in [7, 11) is 3.25. The van der Waals surface area contributed by atoms with E-state index < -0.39 is 0 Å². The molecule has 0 N–H and O–H groups in total. The van der Waals surface area contributed by atoms with Crippen LogP contribution in [0.25, 0.3) is 0 Å². The second-order valence-electron chi connectivity index (χ2n) is 4.55. The molecule has 0 bridgehead atoms. The minimum absolute atomic E-state index is 0.387. The highest BCUT2D eigenvalue weighted by Gasteiger charge is 2.28. The molecule has 0 saturated carbocycles. The molecule has 1 aliphatic carbocycles. The molecule has 0 aromatic heterocycles. The summed E-state index contributed by atoms with van der Waals surface area (Å²) in [6.45, 7) is 0. The van der Waals surface area contributed by atoms with Crippen LogP contribution in [-0.4, -0.2) is 20.5 Å². The maximum atomic E-state index is 11.0. The lowest BCUT2D eigenvalue weighted by Crippen LogP contribution is -2.23. The van der Waals surface area contributed by atoms with Crippen LogP contribution in [0, 0.1) is 0 Å². The highest BCUT2D eigenvalue weighted by molar-refractivity contribution is 5.59. The molecule has 100 valence electrons. The van der Waals surface area contributed by atoms with Gasteiger partial charge in [-0.15, -0.1) is 0 Å². The van der Waals surface area contributed by atoms with E-state index >= 15 is 0 Å². The molecule has 0 aliphatic heterocycles. The van der Waals surface area contributed by atoms with Gasteiger partial charge in [0.2, 0.25) is 0 Å². The van der Waals surface area contributed by atoms with Crippen molar-refractivity contribution in [3.05, 3.63) is 48.1 Å². The van der Waals surface area contributed by atoms with E-state index in [4.69, 9.17) is 9.47 Å². The van der Waals surface area contributed by atoms with Gasteiger partial charge < -0.3 is 14.3 Å². The first-order chi connectivity index (χ1) is 9.24. The Kier molecular flexibility index (Phi) is 4.05. The van der Waals surface area contributed by atoms with Gasteiger partial charge in [0.25, 0.3) is 0 Å². The smallest absolute Gasteiger partial charge is 0.122 e. The highest BCUT2D eigenvalue weighted by atomic mass is 16.5. The van der Waals surface area contributed by atoms with Gasteiger partial charge in [0.05, 0.1) is 14.2 Å². The third-order valence-electron chi connectivity index (χ3n) is 3.41. The van der Waals surface area contributed by atoms with Gasteiger partial charge in [0, 0.05) is 17.9 Å². The Labute approximate surface area is 113 Å². The van der Waals surface area contributed by atoms with Gasteiger partial charge in [0.15, 0.2) is 0 Å². The quantitative estimate of drug-likeness (QED) is 0.601. The fraction of sp³-hybridized carbons (Fsp3) is 0.312. The minimum atomic E-state index is -0.387. The molecule has 0 radical (unpaired) electrons. The first kappa shape index (κ1) is 13.4. The lowest BCUT2D eigenvalue weighted by molar-refractivity contribution is -0.108. The Morgan fingerprint density at radius 2 is 1.68 bits per heavy atom. The molecule has 1 aliphatic rings. The summed E-state index contributed by atoms with van der Waals surface area (Å²) in [5.74, 6) is 1.46. The SMILES string of the molecule is COc1cc(OC)cc(C2(CC=O)C=CCC=C2)c1. The molecule has 0 spiro atoms. The normalized spacial score (nSPS) is 16.1. The molecule has 0 atom stereocenters. The number of hydrogen-bond donors (Lipinski definition) is 0. The Morgan fingerprint density at radius 1 is 1.11 bits per heavy atom. The van der Waals surface area contributed by atoms with Gasteiger partial charge >= 0.3 is 0 Å². The van der Waals surface area contributed by atoms with E-state index in [1.165, 1.54) is 0 Å². The van der Waals surface area contributed by atoms with Gasteiger partial charge in [-0.25, -0.2) is 0 Å². The molecule has 0 fully saturated rings. The number of carbonyl (C=O) groups excluding carboxylic acids is 1. The second-order valence-corrected chi connectivity index (χ2v) is 4.55. The van der Waals surface area contributed by atoms with Crippen LogP contribution >= 0.6 is 0 Å². The molecule has 0 saturated heterocycles. The van der Waals surface area contributed by atoms with Crippen LogP contribution < -0.4 is 9.47 Å². The van der Waals surface area contributed by atoms with Gasteiger partial charge in [-0.2, -0.15) is 0 Å². The van der Waals surface area contributed by atoms with Crippen molar-refractivity contribution in [2.75, 3.05) is 14.2 Å². The molecule has 3 nitrogen and oxygen atoms in total. The summed E-state index contributed by atoms with van der Waals surface area (Å²) in [5.41, 5.74) is 0.616. The summed E-state index contributed by atoms with van der Waals surface area (Å²) in [5, 5.41) is 0. The standard InChI is InChI=1S/C16H18O3/c1-18-14-10-13(11-15(12-14)19-2)16(8-9-17)6-4-3-5-7-16/h4-7,9-12H,3,8H2,1-2H3. The van der Waals surface area contributed by atoms with Crippen molar-refractivity contribution in [2.45, 2.75) is 18.3 Å². The number of benzene rings is 1. The van der Waals surface area contributed by atoms with E-state index in [-0.39, 0.29) is 5.41 Å². The second kappa shape index (κ2) is 5.74. The first-order valence-electron chi connectivity index (χ1n) is 6.26. The first-order valence-corrected chi connectivity index (χ1v) is 6.26. The van der Waals surface area contributed by atoms with E-state index in [9.17, 15) is 4.79 Å². The van der Waals surface area contributed by atoms with E-state index in [2.05, 4.69) is 24.3 Å². The average molecular weight is 258 g/mol. The van der Waals surface area contributed by atoms with Gasteiger partial charge in [-0.05, 0) is 24.1 Å². The topological polar surface area (TPSA) is 35.5 Å². The number of aldehydes is 1. The summed E-state index contributed by atoms with van der Waals surface area (Å²) in [6.07, 6.45) is 10.6. The van der Waals surface area contributed by atoms with Crippen molar-refractivity contribution in [1.29, 1.82) is 0 Å². The van der Waals surface area contributed by atoms with Gasteiger partial charge in [-0.3, -0.25) is 0 Å². The molecule has 1 aromatic carbocycles. The van der Waals surface area contributed by atoms with E-state index in [1.54, 1.807) is 14.2 Å². The van der Waals surface area contributed by atoms with Crippen molar-refractivity contribution in [2.24, 2.45) is 0 Å². The van der Waals surface area contributed by atoms with Crippen molar-refractivity contribution in [3.8, 4) is 11.5 Å². The number of hydrogen-bond acceptors (Lipinski definition) is 3. The number of rotatable bonds is 5. The highest BCUT2D eigenvalue weighted by Crippen LogP contribution is 2.37. The Balaban J connectivity index is 2.52. The van der Waals surface area contributed by atoms with Crippen LogP contribution in [0.5, 0.6) is 11.5 Å². The fourth-order valence-corrected chi connectivity index (χ4v) is 2.35. The number of ether oxygens (including phenoxy) is 2. The zero-order chi connectivity index (χ0) is 13.7. The Hall–Kier alpha value is -2.03. The van der Waals surface area contributed by atoms with Crippen LogP contribution in [0.3, 0.4) is 0 Å². The molecule has 0 heterocycles. The average Bonchev–Trinajstić information content (AvgIpc) is 2.48. The molecule has 19 heavy (non-hydrogen) atoms. The largest absolute Gasteiger partial charge is 0.497 e. The zero-order valence-corrected chi connectivity index (χ0v) is 11.3. The van der Waals surface area contributed by atoms with Crippen molar-refractivity contribution in [3.63, 3.8) is 0 Å². The summed E-state index contributed by atoms with van der Waals surface area (Å²) < 4.78 is 10.6. The van der Waals surface area contributed by atoms with E-state index in [0.29, 0.717) is 6.42 Å². The van der Waals surface area contributed by atoms with Crippen molar-refractivity contribution in [1.82, 2.24) is 0 Å². The summed E-state index contributed by atoms with van der Waals surface area (Å²) >= 11 is 0. The zero-order valence-electron chi connectivity index (χ0n) is 11.3. The third kappa shape index (κ3) is 2.70. The van der Waals surface area contributed by atoms with Crippen LogP contribution in [0.2, 0.25) is 0 Å². The Bertz CT molecular complexity index is 480. The van der Waals surface area contributed by atoms with Crippen LogP contribution in [0.15, 0.2) is 42.5 Å². The summed E-state index contributed by atoms with van der Waals surface area (Å²) in [4.78, 5) is 11.0. The van der Waals surface area contributed by atoms with Crippen LogP contribution in [0.4, 0.5) is 0 Å². The number of allylic oxidation sites excluding steroid dienone is 4. The van der Waals surface area contributed by atoms with Crippen molar-refractivity contribution >= 4 is 6.29 Å². The molecule has 3 heteroatoms. The minimum Gasteiger partial charge on any atom is -0.497 e. The lowest BCUT2D eigenvalue weighted by Gasteiger charge is -2.28. The lowest BCUT2D eigenvalue weighted by atomic mass is 9.75. The number of methoxy groups -OCH3 is 2. The molecule has 1 aromatic rings. The predicted molar refractivity (Wildman–Crippen MR) is 74.8 cm³/mol. The van der Waals surface area contributed by atoms with Crippen LogP contribution in [-0.2, 0) is 10.2 Å². The maximum absolute atomic E-state index is 11.0. The van der Waals surface area contributed by atoms with Crippen molar-refractivity contribution < 1.29 is 14.3 Å². The monoisotopic (exact) mass is 258 g/mol. The fourth-order valence-electron chi connectivity index (χ4n) is 2.35. The molecular weight excluding hydrogens is 240 g/mol. The molecule has 0 unspecified atom stereocenters. The Morgan fingerprint density at radius 3 is 2.16 bits per heavy atom. The summed E-state index contributed by atoms with van der Waals surface area (Å²) in [6, 6.07) is 5.73. The van der Waals surface area contributed by atoms with Crippen LogP contribution in [0.1, 0.15) is 18.4 Å². The molecule has 0 amide bonds. The molecular formula is C16H18O3.